The molecule has 2 aliphatic rings. The van der Waals surface area contributed by atoms with Crippen molar-refractivity contribution in [3.63, 3.8) is 0 Å². The van der Waals surface area contributed by atoms with Gasteiger partial charge in [-0.05, 0) is 38.2 Å². The van der Waals surface area contributed by atoms with Crippen molar-refractivity contribution in [1.29, 1.82) is 0 Å². The second kappa shape index (κ2) is 7.99. The van der Waals surface area contributed by atoms with Crippen LogP contribution in [0, 0.1) is 5.92 Å². The Balaban J connectivity index is 1.41. The number of hydrogen-bond donors (Lipinski definition) is 1. The molecular weight excluding hydrogens is 304 g/mol. The second-order valence-electron chi connectivity index (χ2n) is 6.82. The number of carbonyl (C=O) groups is 1. The van der Waals surface area contributed by atoms with Gasteiger partial charge in [0, 0.05) is 25.6 Å². The van der Waals surface area contributed by atoms with Crippen LogP contribution in [0.15, 0.2) is 30.3 Å². The maximum absolute atomic E-state index is 12.4. The van der Waals surface area contributed by atoms with Gasteiger partial charge < -0.3 is 19.7 Å². The predicted molar refractivity (Wildman–Crippen MR) is 92.8 cm³/mol. The molecule has 0 aromatic heterocycles. The van der Waals surface area contributed by atoms with Gasteiger partial charge in [0.2, 0.25) is 0 Å². The van der Waals surface area contributed by atoms with Gasteiger partial charge in [-0.2, -0.15) is 0 Å². The lowest BCUT2D eigenvalue weighted by Gasteiger charge is -2.39. The highest BCUT2D eigenvalue weighted by Gasteiger charge is 2.42. The van der Waals surface area contributed by atoms with Crippen LogP contribution in [0.25, 0.3) is 0 Å². The molecule has 132 valence electrons. The van der Waals surface area contributed by atoms with Crippen LogP contribution in [0.1, 0.15) is 31.7 Å². The smallest absolute Gasteiger partial charge is 0.317 e. The lowest BCUT2D eigenvalue weighted by Crippen LogP contribution is -2.51. The first-order chi connectivity index (χ1) is 11.7. The summed E-state index contributed by atoms with van der Waals surface area (Å²) in [6.07, 6.45) is 4.00. The fourth-order valence-electron chi connectivity index (χ4n) is 3.60. The normalized spacial score (nSPS) is 23.2. The second-order valence-corrected chi connectivity index (χ2v) is 6.82. The van der Waals surface area contributed by atoms with Crippen LogP contribution in [0.3, 0.4) is 0 Å². The van der Waals surface area contributed by atoms with Crippen LogP contribution in [0.4, 0.5) is 4.79 Å². The summed E-state index contributed by atoms with van der Waals surface area (Å²) in [5.74, 6) is -0.268. The first-order valence-corrected chi connectivity index (χ1v) is 9.02. The molecule has 0 radical (unpaired) electrons. The Hall–Kier alpha value is -1.59. The molecule has 1 aromatic rings. The molecule has 3 rings (SSSR count). The number of nitrogens with zero attached hydrogens (tertiary/aromatic N) is 1. The lowest BCUT2D eigenvalue weighted by molar-refractivity contribution is -0.189. The summed E-state index contributed by atoms with van der Waals surface area (Å²) < 4.78 is 11.5. The minimum absolute atomic E-state index is 0.0364. The van der Waals surface area contributed by atoms with Crippen molar-refractivity contribution in [2.45, 2.75) is 38.4 Å². The highest BCUT2D eigenvalue weighted by atomic mass is 16.7. The van der Waals surface area contributed by atoms with Crippen molar-refractivity contribution >= 4 is 6.03 Å². The van der Waals surface area contributed by atoms with E-state index in [0.29, 0.717) is 26.3 Å². The molecule has 0 saturated carbocycles. The van der Waals surface area contributed by atoms with Crippen LogP contribution in [-0.2, 0) is 15.9 Å². The number of ether oxygens (including phenoxy) is 2. The van der Waals surface area contributed by atoms with Gasteiger partial charge in [-0.3, -0.25) is 0 Å². The Morgan fingerprint density at radius 2 is 2.04 bits per heavy atom. The van der Waals surface area contributed by atoms with Crippen LogP contribution in [0.5, 0.6) is 0 Å². The van der Waals surface area contributed by atoms with E-state index in [1.807, 2.05) is 17.9 Å². The average molecular weight is 332 g/mol. The quantitative estimate of drug-likeness (QED) is 0.844. The van der Waals surface area contributed by atoms with Gasteiger partial charge in [-0.25, -0.2) is 4.79 Å². The topological polar surface area (TPSA) is 50.8 Å². The van der Waals surface area contributed by atoms with Crippen molar-refractivity contribution in [3.8, 4) is 0 Å². The highest BCUT2D eigenvalue weighted by Crippen LogP contribution is 2.33. The minimum Gasteiger partial charge on any atom is -0.347 e. The molecule has 2 amide bonds. The Bertz CT molecular complexity index is 529. The number of piperidine rings is 1. The van der Waals surface area contributed by atoms with E-state index in [1.54, 1.807) is 0 Å². The maximum atomic E-state index is 12.4. The van der Waals surface area contributed by atoms with Crippen molar-refractivity contribution in [2.24, 2.45) is 5.92 Å². The summed E-state index contributed by atoms with van der Waals surface area (Å²) in [6.45, 7) is 5.54. The number of likely N-dealkylation sites (tertiary alicyclic amines) is 1. The molecule has 5 nitrogen and oxygen atoms in total. The van der Waals surface area contributed by atoms with Crippen LogP contribution >= 0.6 is 0 Å². The molecule has 2 saturated heterocycles. The van der Waals surface area contributed by atoms with Gasteiger partial charge in [-0.1, -0.05) is 30.3 Å². The molecule has 1 atom stereocenters. The number of urea groups is 1. The summed E-state index contributed by atoms with van der Waals surface area (Å²) in [5.41, 5.74) is 1.31. The zero-order valence-electron chi connectivity index (χ0n) is 14.5. The standard InChI is InChI=1S/C19H28N2O3/c1-19(23-13-14-24-19)17-10-6-12-21(15-17)18(22)20-11-5-9-16-7-3-2-4-8-16/h2-4,7-8,17H,5-6,9-15H2,1H3,(H,20,22)/t17-/m1/s1. The van der Waals surface area contributed by atoms with Gasteiger partial charge >= 0.3 is 6.03 Å². The van der Waals surface area contributed by atoms with Crippen LogP contribution < -0.4 is 5.32 Å². The number of benzene rings is 1. The minimum atomic E-state index is -0.522. The summed E-state index contributed by atoms with van der Waals surface area (Å²) in [4.78, 5) is 14.3. The lowest BCUT2D eigenvalue weighted by atomic mass is 9.90. The fraction of sp³-hybridized carbons (Fsp3) is 0.632. The zero-order chi connectivity index (χ0) is 16.8. The molecule has 24 heavy (non-hydrogen) atoms. The third kappa shape index (κ3) is 4.28. The van der Waals surface area contributed by atoms with E-state index in [9.17, 15) is 4.79 Å². The van der Waals surface area contributed by atoms with E-state index in [2.05, 4.69) is 29.6 Å². The van der Waals surface area contributed by atoms with Crippen LogP contribution in [-0.4, -0.2) is 49.6 Å². The number of hydrogen-bond acceptors (Lipinski definition) is 3. The zero-order valence-corrected chi connectivity index (χ0v) is 14.5. The number of aryl methyl sites for hydroxylation is 1. The van der Waals surface area contributed by atoms with E-state index >= 15 is 0 Å². The Kier molecular flexibility index (Phi) is 5.74. The van der Waals surface area contributed by atoms with Crippen LogP contribution in [0.2, 0.25) is 0 Å². The van der Waals surface area contributed by atoms with Crippen molar-refractivity contribution in [3.05, 3.63) is 35.9 Å². The molecule has 1 N–H and O–H groups in total. The first-order valence-electron chi connectivity index (χ1n) is 9.02. The molecule has 2 aliphatic heterocycles. The van der Waals surface area contributed by atoms with E-state index in [0.717, 1.165) is 32.2 Å². The summed E-state index contributed by atoms with van der Waals surface area (Å²) in [6, 6.07) is 10.4. The monoisotopic (exact) mass is 332 g/mol. The fourth-order valence-corrected chi connectivity index (χ4v) is 3.60. The summed E-state index contributed by atoms with van der Waals surface area (Å²) >= 11 is 0. The number of rotatable bonds is 5. The van der Waals surface area contributed by atoms with Crippen molar-refractivity contribution in [2.75, 3.05) is 32.8 Å². The van der Waals surface area contributed by atoms with Gasteiger partial charge in [0.15, 0.2) is 5.79 Å². The molecule has 5 heteroatoms. The first kappa shape index (κ1) is 17.2. The van der Waals surface area contributed by atoms with Crippen molar-refractivity contribution in [1.82, 2.24) is 10.2 Å². The SMILES string of the molecule is CC1([C@@H]2CCCN(C(=O)NCCCc3ccccc3)C2)OCCO1. The summed E-state index contributed by atoms with van der Waals surface area (Å²) in [5, 5.41) is 3.05. The molecular formula is C19H28N2O3. The van der Waals surface area contributed by atoms with Gasteiger partial charge in [0.1, 0.15) is 0 Å². The van der Waals surface area contributed by atoms with Gasteiger partial charge in [-0.15, -0.1) is 0 Å². The Labute approximate surface area is 144 Å². The Morgan fingerprint density at radius 1 is 1.29 bits per heavy atom. The summed E-state index contributed by atoms with van der Waals surface area (Å²) in [7, 11) is 0. The van der Waals surface area contributed by atoms with E-state index in [-0.39, 0.29) is 11.9 Å². The number of carbonyl (C=O) groups excluding carboxylic acids is 1. The molecule has 2 fully saturated rings. The molecule has 0 aliphatic carbocycles. The van der Waals surface area contributed by atoms with E-state index < -0.39 is 5.79 Å². The molecule has 0 spiro atoms. The maximum Gasteiger partial charge on any atom is 0.317 e. The molecule has 0 unspecified atom stereocenters. The molecule has 0 bridgehead atoms. The van der Waals surface area contributed by atoms with Gasteiger partial charge in [0.05, 0.1) is 13.2 Å². The van der Waals surface area contributed by atoms with E-state index in [1.165, 1.54) is 5.56 Å². The number of amides is 2. The third-order valence-corrected chi connectivity index (χ3v) is 5.07. The van der Waals surface area contributed by atoms with Crippen molar-refractivity contribution < 1.29 is 14.3 Å². The Morgan fingerprint density at radius 3 is 2.79 bits per heavy atom. The van der Waals surface area contributed by atoms with E-state index in [4.69, 9.17) is 9.47 Å². The molecule has 2 heterocycles. The van der Waals surface area contributed by atoms with Gasteiger partial charge in [0.25, 0.3) is 0 Å². The molecule has 1 aromatic carbocycles. The third-order valence-electron chi connectivity index (χ3n) is 5.07. The predicted octanol–water partition coefficient (Wildman–Crippen LogP) is 2.80. The average Bonchev–Trinajstić information content (AvgIpc) is 3.07. The highest BCUT2D eigenvalue weighted by molar-refractivity contribution is 5.74. The largest absolute Gasteiger partial charge is 0.347 e. The number of nitrogens with one attached hydrogen (secondary N) is 1.